The summed E-state index contributed by atoms with van der Waals surface area (Å²) in [6.45, 7) is 2.71. The van der Waals surface area contributed by atoms with Crippen molar-refractivity contribution in [3.8, 4) is 11.8 Å². The molecule has 1 aromatic carbocycles. The van der Waals surface area contributed by atoms with Gasteiger partial charge in [-0.3, -0.25) is 0 Å². The van der Waals surface area contributed by atoms with Crippen LogP contribution in [0.3, 0.4) is 0 Å². The summed E-state index contributed by atoms with van der Waals surface area (Å²) in [5, 5.41) is 2.98. The third-order valence-corrected chi connectivity index (χ3v) is 2.79. The molecular weight excluding hydrogens is 351 g/mol. The number of rotatable bonds is 5. The summed E-state index contributed by atoms with van der Waals surface area (Å²) in [6, 6.07) is 4.14. The summed E-state index contributed by atoms with van der Waals surface area (Å²) in [6.07, 6.45) is 0.913. The van der Waals surface area contributed by atoms with Gasteiger partial charge in [-0.25, -0.2) is 4.39 Å². The lowest BCUT2D eigenvalue weighted by molar-refractivity contribution is 0.436. The van der Waals surface area contributed by atoms with Crippen molar-refractivity contribution in [1.82, 2.24) is 15.0 Å². The third kappa shape index (κ3) is 4.28. The SMILES string of the molecule is CCCNc1nc(Cl)nc(Oc2cc(F)cc(Br)c2)n1. The van der Waals surface area contributed by atoms with Crippen LogP contribution in [0.5, 0.6) is 11.8 Å². The van der Waals surface area contributed by atoms with Crippen LogP contribution in [0.25, 0.3) is 0 Å². The quantitative estimate of drug-likeness (QED) is 0.871. The standard InChI is InChI=1S/C12H11BrClFN4O/c1-2-3-16-11-17-10(14)18-12(19-11)20-9-5-7(13)4-8(15)6-9/h4-6H,2-3H2,1H3,(H,16,17,18,19). The molecule has 0 atom stereocenters. The Labute approximate surface area is 128 Å². The molecule has 0 fully saturated rings. The minimum atomic E-state index is -0.432. The molecule has 0 unspecified atom stereocenters. The normalized spacial score (nSPS) is 10.4. The van der Waals surface area contributed by atoms with Crippen molar-refractivity contribution in [3.63, 3.8) is 0 Å². The molecule has 20 heavy (non-hydrogen) atoms. The van der Waals surface area contributed by atoms with Gasteiger partial charge in [0, 0.05) is 17.1 Å². The Bertz CT molecular complexity index is 594. The molecule has 0 bridgehead atoms. The summed E-state index contributed by atoms with van der Waals surface area (Å²) in [7, 11) is 0. The second-order valence-corrected chi connectivity index (χ2v) is 5.10. The molecule has 2 rings (SSSR count). The van der Waals surface area contributed by atoms with Gasteiger partial charge in [0.1, 0.15) is 11.6 Å². The first-order valence-electron chi connectivity index (χ1n) is 5.86. The maximum absolute atomic E-state index is 13.3. The summed E-state index contributed by atoms with van der Waals surface area (Å²) in [5.41, 5.74) is 0. The molecule has 0 radical (unpaired) electrons. The molecule has 0 saturated heterocycles. The second-order valence-electron chi connectivity index (χ2n) is 3.84. The maximum atomic E-state index is 13.3. The van der Waals surface area contributed by atoms with Crippen molar-refractivity contribution >= 4 is 33.5 Å². The fourth-order valence-electron chi connectivity index (χ4n) is 1.39. The van der Waals surface area contributed by atoms with Crippen LogP contribution in [-0.4, -0.2) is 21.5 Å². The van der Waals surface area contributed by atoms with Gasteiger partial charge in [-0.05, 0) is 30.2 Å². The van der Waals surface area contributed by atoms with Crippen LogP contribution < -0.4 is 10.1 Å². The van der Waals surface area contributed by atoms with Crippen molar-refractivity contribution in [2.75, 3.05) is 11.9 Å². The van der Waals surface area contributed by atoms with E-state index in [-0.39, 0.29) is 17.0 Å². The van der Waals surface area contributed by atoms with Crippen LogP contribution >= 0.6 is 27.5 Å². The zero-order valence-corrected chi connectivity index (χ0v) is 12.9. The van der Waals surface area contributed by atoms with E-state index < -0.39 is 5.82 Å². The van der Waals surface area contributed by atoms with E-state index in [1.165, 1.54) is 12.1 Å². The van der Waals surface area contributed by atoms with Gasteiger partial charge < -0.3 is 10.1 Å². The number of halogens is 3. The molecule has 8 heteroatoms. The van der Waals surface area contributed by atoms with E-state index in [4.69, 9.17) is 16.3 Å². The molecule has 0 spiro atoms. The third-order valence-electron chi connectivity index (χ3n) is 2.17. The molecule has 0 aliphatic rings. The number of anilines is 1. The fraction of sp³-hybridized carbons (Fsp3) is 0.250. The van der Waals surface area contributed by atoms with Crippen LogP contribution in [0, 0.1) is 5.82 Å². The number of ether oxygens (including phenoxy) is 1. The van der Waals surface area contributed by atoms with Crippen LogP contribution in [0.2, 0.25) is 5.28 Å². The fourth-order valence-corrected chi connectivity index (χ4v) is 1.98. The summed E-state index contributed by atoms with van der Waals surface area (Å²) in [4.78, 5) is 11.8. The Hall–Kier alpha value is -1.47. The monoisotopic (exact) mass is 360 g/mol. The number of nitrogens with zero attached hydrogens (tertiary/aromatic N) is 3. The lowest BCUT2D eigenvalue weighted by atomic mass is 10.3. The highest BCUT2D eigenvalue weighted by molar-refractivity contribution is 9.10. The molecule has 0 amide bonds. The van der Waals surface area contributed by atoms with Gasteiger partial charge in [0.2, 0.25) is 11.2 Å². The van der Waals surface area contributed by atoms with Crippen LogP contribution in [-0.2, 0) is 0 Å². The molecule has 5 nitrogen and oxygen atoms in total. The lowest BCUT2D eigenvalue weighted by Gasteiger charge is -2.07. The molecule has 106 valence electrons. The van der Waals surface area contributed by atoms with Gasteiger partial charge in [0.05, 0.1) is 0 Å². The zero-order valence-electron chi connectivity index (χ0n) is 10.5. The number of nitrogens with one attached hydrogen (secondary N) is 1. The first kappa shape index (κ1) is 14.9. The average Bonchev–Trinajstić information content (AvgIpc) is 2.34. The number of aromatic nitrogens is 3. The van der Waals surface area contributed by atoms with E-state index in [0.717, 1.165) is 6.42 Å². The minimum absolute atomic E-state index is 0.00102. The van der Waals surface area contributed by atoms with Gasteiger partial charge in [-0.1, -0.05) is 22.9 Å². The lowest BCUT2D eigenvalue weighted by Crippen LogP contribution is -2.06. The first-order valence-corrected chi connectivity index (χ1v) is 7.03. The summed E-state index contributed by atoms with van der Waals surface area (Å²) >= 11 is 8.97. The van der Waals surface area contributed by atoms with E-state index in [9.17, 15) is 4.39 Å². The van der Waals surface area contributed by atoms with Crippen molar-refractivity contribution < 1.29 is 9.13 Å². The highest BCUT2D eigenvalue weighted by Crippen LogP contribution is 2.24. The Kier molecular flexibility index (Phi) is 5.08. The van der Waals surface area contributed by atoms with E-state index in [1.807, 2.05) is 6.92 Å². The first-order chi connectivity index (χ1) is 9.56. The molecule has 0 saturated carbocycles. The van der Waals surface area contributed by atoms with E-state index >= 15 is 0 Å². The van der Waals surface area contributed by atoms with Gasteiger partial charge in [-0.15, -0.1) is 0 Å². The zero-order chi connectivity index (χ0) is 14.5. The molecular formula is C12H11BrClFN4O. The molecule has 1 N–H and O–H groups in total. The Morgan fingerprint density at radius 2 is 2.10 bits per heavy atom. The number of hydrogen-bond donors (Lipinski definition) is 1. The predicted molar refractivity (Wildman–Crippen MR) is 77.8 cm³/mol. The van der Waals surface area contributed by atoms with Crippen LogP contribution in [0.4, 0.5) is 10.3 Å². The Balaban J connectivity index is 2.21. The second kappa shape index (κ2) is 6.81. The minimum Gasteiger partial charge on any atom is -0.424 e. The average molecular weight is 362 g/mol. The maximum Gasteiger partial charge on any atom is 0.328 e. The number of hydrogen-bond acceptors (Lipinski definition) is 5. The molecule has 1 aromatic heterocycles. The van der Waals surface area contributed by atoms with Crippen molar-refractivity contribution in [1.29, 1.82) is 0 Å². The predicted octanol–water partition coefficient (Wildman–Crippen LogP) is 4.04. The van der Waals surface area contributed by atoms with Gasteiger partial charge in [0.25, 0.3) is 0 Å². The van der Waals surface area contributed by atoms with Gasteiger partial charge in [-0.2, -0.15) is 15.0 Å². The topological polar surface area (TPSA) is 59.9 Å². The highest BCUT2D eigenvalue weighted by atomic mass is 79.9. The molecule has 1 heterocycles. The van der Waals surface area contributed by atoms with Crippen LogP contribution in [0.1, 0.15) is 13.3 Å². The highest BCUT2D eigenvalue weighted by Gasteiger charge is 2.08. The van der Waals surface area contributed by atoms with Crippen LogP contribution in [0.15, 0.2) is 22.7 Å². The van der Waals surface area contributed by atoms with E-state index in [2.05, 4.69) is 36.2 Å². The van der Waals surface area contributed by atoms with Gasteiger partial charge in [0.15, 0.2) is 0 Å². The van der Waals surface area contributed by atoms with Crippen molar-refractivity contribution in [2.45, 2.75) is 13.3 Å². The van der Waals surface area contributed by atoms with E-state index in [0.29, 0.717) is 17.0 Å². The van der Waals surface area contributed by atoms with Gasteiger partial charge >= 0.3 is 6.01 Å². The van der Waals surface area contributed by atoms with E-state index in [1.54, 1.807) is 6.07 Å². The number of benzene rings is 1. The summed E-state index contributed by atoms with van der Waals surface area (Å²) < 4.78 is 19.2. The largest absolute Gasteiger partial charge is 0.424 e. The smallest absolute Gasteiger partial charge is 0.328 e. The molecule has 0 aliphatic heterocycles. The molecule has 2 aromatic rings. The molecule has 0 aliphatic carbocycles. The van der Waals surface area contributed by atoms with Crippen molar-refractivity contribution in [2.24, 2.45) is 0 Å². The van der Waals surface area contributed by atoms with Crippen molar-refractivity contribution in [3.05, 3.63) is 33.8 Å². The summed E-state index contributed by atoms with van der Waals surface area (Å²) in [5.74, 6) is 0.150. The Morgan fingerprint density at radius 1 is 1.30 bits per heavy atom. The Morgan fingerprint density at radius 3 is 2.80 bits per heavy atom.